The van der Waals surface area contributed by atoms with E-state index in [4.69, 9.17) is 18.6 Å². The highest BCUT2D eigenvalue weighted by Crippen LogP contribution is 2.35. The number of nitrogens with zero attached hydrogens (tertiary/aromatic N) is 2. The van der Waals surface area contributed by atoms with Gasteiger partial charge in [-0.15, -0.1) is 0 Å². The Morgan fingerprint density at radius 3 is 2.41 bits per heavy atom. The monoisotopic (exact) mass is 572 g/mol. The molecule has 0 N–H and O–H groups in total. The summed E-state index contributed by atoms with van der Waals surface area (Å²) in [7, 11) is 1.54. The van der Waals surface area contributed by atoms with Crippen LogP contribution in [0.1, 0.15) is 48.5 Å². The smallest absolute Gasteiger partial charge is 0.338 e. The summed E-state index contributed by atoms with van der Waals surface area (Å²) in [6, 6.07) is 16.9. The number of ether oxygens (including phenoxy) is 3. The topological polar surface area (TPSA) is 109 Å². The first kappa shape index (κ1) is 27.9. The molecule has 9 nitrogen and oxygen atoms in total. The van der Waals surface area contributed by atoms with Gasteiger partial charge in [-0.25, -0.2) is 14.6 Å². The van der Waals surface area contributed by atoms with E-state index in [2.05, 4.69) is 4.99 Å². The molecule has 0 aliphatic carbocycles. The molecule has 0 saturated carbocycles. The lowest BCUT2D eigenvalue weighted by Crippen LogP contribution is -2.40. The third-order valence-corrected chi connectivity index (χ3v) is 7.51. The predicted octanol–water partition coefficient (Wildman–Crippen LogP) is 4.24. The first-order valence-corrected chi connectivity index (χ1v) is 13.9. The van der Waals surface area contributed by atoms with Crippen LogP contribution in [0.15, 0.2) is 86.1 Å². The van der Waals surface area contributed by atoms with Crippen LogP contribution in [-0.4, -0.2) is 36.8 Å². The predicted molar refractivity (Wildman–Crippen MR) is 153 cm³/mol. The molecule has 0 fully saturated rings. The van der Waals surface area contributed by atoms with E-state index < -0.39 is 12.0 Å². The third kappa shape index (κ3) is 5.38. The van der Waals surface area contributed by atoms with Gasteiger partial charge in [0.2, 0.25) is 0 Å². The van der Waals surface area contributed by atoms with Crippen LogP contribution in [0, 0.1) is 0 Å². The van der Waals surface area contributed by atoms with Crippen LogP contribution in [0.2, 0.25) is 0 Å². The number of hydrogen-bond acceptors (Lipinski definition) is 9. The fraction of sp³-hybridized carbons (Fsp3) is 0.226. The molecule has 10 heteroatoms. The lowest BCUT2D eigenvalue weighted by Gasteiger charge is -2.25. The summed E-state index contributed by atoms with van der Waals surface area (Å²) in [5.74, 6) is 0.654. The summed E-state index contributed by atoms with van der Waals surface area (Å²) in [5.41, 5.74) is 2.29. The average molecular weight is 573 g/mol. The van der Waals surface area contributed by atoms with Gasteiger partial charge in [-0.2, -0.15) is 0 Å². The molecule has 3 heterocycles. The van der Waals surface area contributed by atoms with Crippen molar-refractivity contribution in [2.45, 2.75) is 26.8 Å². The number of fused-ring (bicyclic) bond motifs is 1. The molecule has 0 radical (unpaired) electrons. The van der Waals surface area contributed by atoms with E-state index in [0.717, 1.165) is 5.56 Å². The van der Waals surface area contributed by atoms with Crippen molar-refractivity contribution in [1.29, 1.82) is 0 Å². The number of allylic oxidation sites excluding steroid dienone is 1. The van der Waals surface area contributed by atoms with Crippen molar-refractivity contribution < 1.29 is 28.2 Å². The minimum Gasteiger partial charge on any atom is -0.496 e. The molecule has 5 rings (SSSR count). The molecule has 0 bridgehead atoms. The molecule has 1 unspecified atom stereocenters. The van der Waals surface area contributed by atoms with Crippen LogP contribution in [0.3, 0.4) is 0 Å². The summed E-state index contributed by atoms with van der Waals surface area (Å²) in [5, 5.41) is 0. The summed E-state index contributed by atoms with van der Waals surface area (Å²) in [6.45, 7) is 5.71. The molecular formula is C31H28N2O7S. The number of hydrogen-bond donors (Lipinski definition) is 0. The Hall–Kier alpha value is -4.70. The molecule has 41 heavy (non-hydrogen) atoms. The summed E-state index contributed by atoms with van der Waals surface area (Å²) < 4.78 is 23.9. The second-order valence-corrected chi connectivity index (χ2v) is 10.1. The van der Waals surface area contributed by atoms with Gasteiger partial charge in [-0.1, -0.05) is 41.7 Å². The van der Waals surface area contributed by atoms with E-state index >= 15 is 0 Å². The van der Waals surface area contributed by atoms with Crippen molar-refractivity contribution in [1.82, 2.24) is 4.57 Å². The molecular weight excluding hydrogens is 544 g/mol. The van der Waals surface area contributed by atoms with Crippen LogP contribution < -0.4 is 19.6 Å². The lowest BCUT2D eigenvalue weighted by molar-refractivity contribution is -0.139. The fourth-order valence-corrected chi connectivity index (χ4v) is 5.70. The molecule has 1 atom stereocenters. The molecule has 2 aromatic carbocycles. The second-order valence-electron chi connectivity index (χ2n) is 9.04. The van der Waals surface area contributed by atoms with Crippen LogP contribution in [-0.2, 0) is 14.3 Å². The third-order valence-electron chi connectivity index (χ3n) is 6.53. The van der Waals surface area contributed by atoms with Crippen LogP contribution >= 0.6 is 11.3 Å². The Labute approximate surface area is 239 Å². The Kier molecular flexibility index (Phi) is 8.02. The zero-order chi connectivity index (χ0) is 29.1. The highest BCUT2D eigenvalue weighted by atomic mass is 32.1. The van der Waals surface area contributed by atoms with Gasteiger partial charge < -0.3 is 18.6 Å². The minimum atomic E-state index is -0.784. The molecule has 1 aliphatic rings. The van der Waals surface area contributed by atoms with Gasteiger partial charge >= 0.3 is 11.9 Å². The first-order chi connectivity index (χ1) is 19.9. The Bertz CT molecular complexity index is 1830. The number of benzene rings is 2. The largest absolute Gasteiger partial charge is 0.496 e. The maximum Gasteiger partial charge on any atom is 0.338 e. The van der Waals surface area contributed by atoms with Crippen molar-refractivity contribution >= 4 is 29.4 Å². The summed E-state index contributed by atoms with van der Waals surface area (Å²) in [4.78, 5) is 43.9. The van der Waals surface area contributed by atoms with Gasteiger partial charge in [-0.05, 0) is 51.1 Å². The van der Waals surface area contributed by atoms with E-state index in [1.165, 1.54) is 15.9 Å². The SMILES string of the molecule is CCOC(=O)C1=C(C)N=c2s/c(=C/c3ccc(-c4ccc(C(=O)OCC)cc4)o3)c(=O)n2C1c1ccccc1OC. The zero-order valence-electron chi connectivity index (χ0n) is 23.0. The van der Waals surface area contributed by atoms with Gasteiger partial charge in [0, 0.05) is 17.2 Å². The number of methoxy groups -OCH3 is 1. The van der Waals surface area contributed by atoms with Crippen molar-refractivity contribution in [2.24, 2.45) is 4.99 Å². The normalized spacial score (nSPS) is 14.8. The molecule has 1 aliphatic heterocycles. The Morgan fingerprint density at radius 1 is 1.00 bits per heavy atom. The quantitative estimate of drug-likeness (QED) is 0.291. The average Bonchev–Trinajstić information content (AvgIpc) is 3.56. The van der Waals surface area contributed by atoms with E-state index in [1.54, 1.807) is 76.4 Å². The zero-order valence-corrected chi connectivity index (χ0v) is 23.8. The molecule has 0 saturated heterocycles. The van der Waals surface area contributed by atoms with Crippen molar-refractivity contribution in [3.8, 4) is 17.1 Å². The van der Waals surface area contributed by atoms with E-state index in [1.807, 2.05) is 18.2 Å². The number of aromatic nitrogens is 1. The number of rotatable bonds is 8. The van der Waals surface area contributed by atoms with Gasteiger partial charge in [0.1, 0.15) is 23.3 Å². The molecule has 0 spiro atoms. The first-order valence-electron chi connectivity index (χ1n) is 13.1. The van der Waals surface area contributed by atoms with Crippen molar-refractivity contribution in [2.75, 3.05) is 20.3 Å². The fourth-order valence-electron chi connectivity index (χ4n) is 4.68. The number of para-hydroxylation sites is 1. The number of furan rings is 1. The highest BCUT2D eigenvalue weighted by molar-refractivity contribution is 7.07. The van der Waals surface area contributed by atoms with Gasteiger partial charge in [0.15, 0.2) is 4.80 Å². The standard InChI is InChI=1S/C31H28N2O7S/c1-5-38-29(35)20-13-11-19(12-14-20)23-16-15-21(40-23)17-25-28(34)33-27(22-9-7-8-10-24(22)37-4)26(30(36)39-6-2)18(3)32-31(33)41-25/h7-17,27H,5-6H2,1-4H3/b25-17+. The van der Waals surface area contributed by atoms with Crippen LogP contribution in [0.5, 0.6) is 5.75 Å². The number of carbonyl (C=O) groups excluding carboxylic acids is 2. The Morgan fingerprint density at radius 2 is 1.71 bits per heavy atom. The lowest BCUT2D eigenvalue weighted by atomic mass is 9.95. The van der Waals surface area contributed by atoms with Gasteiger partial charge in [-0.3, -0.25) is 9.36 Å². The van der Waals surface area contributed by atoms with E-state index in [-0.39, 0.29) is 23.7 Å². The van der Waals surface area contributed by atoms with E-state index in [9.17, 15) is 14.4 Å². The van der Waals surface area contributed by atoms with Crippen molar-refractivity contribution in [3.05, 3.63) is 109 Å². The minimum absolute atomic E-state index is 0.186. The molecule has 2 aromatic heterocycles. The molecule has 0 amide bonds. The van der Waals surface area contributed by atoms with Crippen LogP contribution in [0.25, 0.3) is 17.4 Å². The number of thiazole rings is 1. The summed E-state index contributed by atoms with van der Waals surface area (Å²) in [6.07, 6.45) is 1.66. The Balaban J connectivity index is 1.57. The summed E-state index contributed by atoms with van der Waals surface area (Å²) >= 11 is 1.20. The van der Waals surface area contributed by atoms with Crippen molar-refractivity contribution in [3.63, 3.8) is 0 Å². The van der Waals surface area contributed by atoms with Gasteiger partial charge in [0.05, 0.1) is 41.7 Å². The second kappa shape index (κ2) is 11.8. The highest BCUT2D eigenvalue weighted by Gasteiger charge is 2.35. The number of esters is 2. The maximum atomic E-state index is 13.8. The number of carbonyl (C=O) groups is 2. The van der Waals surface area contributed by atoms with Crippen LogP contribution in [0.4, 0.5) is 0 Å². The molecule has 210 valence electrons. The van der Waals surface area contributed by atoms with Gasteiger partial charge in [0.25, 0.3) is 5.56 Å². The van der Waals surface area contributed by atoms with E-state index in [0.29, 0.717) is 50.0 Å². The maximum absolute atomic E-state index is 13.8. The molecule has 4 aromatic rings.